The lowest BCUT2D eigenvalue weighted by atomic mass is 10.1. The molecule has 0 bridgehead atoms. The zero-order chi connectivity index (χ0) is 19.4. The third-order valence-electron chi connectivity index (χ3n) is 3.57. The zero-order valence-corrected chi connectivity index (χ0v) is 16.8. The van der Waals surface area contributed by atoms with Gasteiger partial charge in [0.2, 0.25) is 0 Å². The fourth-order valence-electron chi connectivity index (χ4n) is 1.95. The van der Waals surface area contributed by atoms with E-state index in [1.54, 1.807) is 18.4 Å². The lowest BCUT2D eigenvalue weighted by Gasteiger charge is -2.13. The van der Waals surface area contributed by atoms with Crippen LogP contribution >= 0.6 is 11.3 Å². The van der Waals surface area contributed by atoms with Crippen molar-refractivity contribution in [3.8, 4) is 23.7 Å². The third-order valence-corrected chi connectivity index (χ3v) is 4.27. The summed E-state index contributed by atoms with van der Waals surface area (Å²) in [6, 6.07) is 5.95. The number of hydrogen-bond donors (Lipinski definition) is 1. The van der Waals surface area contributed by atoms with Crippen molar-refractivity contribution in [2.75, 3.05) is 20.3 Å². The number of thiophene rings is 1. The quantitative estimate of drug-likeness (QED) is 0.523. The van der Waals surface area contributed by atoms with Gasteiger partial charge in [-0.05, 0) is 60.2 Å². The maximum Gasteiger partial charge on any atom is 0.129 e. The highest BCUT2D eigenvalue weighted by Gasteiger charge is 2.10. The number of methoxy groups -OCH3 is 1. The lowest BCUT2D eigenvalue weighted by Crippen LogP contribution is -2.19. The molecular formula is C22H25NO3S. The Morgan fingerprint density at radius 2 is 2.07 bits per heavy atom. The highest BCUT2D eigenvalue weighted by atomic mass is 32.1. The van der Waals surface area contributed by atoms with E-state index in [2.05, 4.69) is 51.9 Å². The molecule has 4 nitrogen and oxygen atoms in total. The van der Waals surface area contributed by atoms with Crippen molar-refractivity contribution in [3.63, 3.8) is 0 Å². The zero-order valence-electron chi connectivity index (χ0n) is 16.0. The molecule has 2 aromatic heterocycles. The Balaban J connectivity index is 1.62. The van der Waals surface area contributed by atoms with Crippen molar-refractivity contribution in [2.24, 2.45) is 0 Å². The van der Waals surface area contributed by atoms with E-state index in [0.717, 1.165) is 11.5 Å². The Morgan fingerprint density at radius 1 is 1.22 bits per heavy atom. The van der Waals surface area contributed by atoms with Gasteiger partial charge in [-0.25, -0.2) is 0 Å². The monoisotopic (exact) mass is 383 g/mol. The van der Waals surface area contributed by atoms with E-state index in [1.807, 2.05) is 32.1 Å². The summed E-state index contributed by atoms with van der Waals surface area (Å²) in [7, 11) is 1.63. The fourth-order valence-corrected chi connectivity index (χ4v) is 2.57. The summed E-state index contributed by atoms with van der Waals surface area (Å²) in [5, 5.41) is 7.35. The first kappa shape index (κ1) is 21.0. The fraction of sp³-hybridized carbons (Fsp3) is 0.364. The maximum atomic E-state index is 5.72. The van der Waals surface area contributed by atoms with Gasteiger partial charge in [0.15, 0.2) is 0 Å². The third kappa shape index (κ3) is 8.77. The Morgan fingerprint density at radius 3 is 2.85 bits per heavy atom. The first-order valence-electron chi connectivity index (χ1n) is 8.69. The van der Waals surface area contributed by atoms with E-state index in [4.69, 9.17) is 13.9 Å². The molecule has 0 saturated heterocycles. The van der Waals surface area contributed by atoms with E-state index >= 15 is 0 Å². The highest BCUT2D eigenvalue weighted by Crippen LogP contribution is 2.10. The van der Waals surface area contributed by atoms with Gasteiger partial charge in [0, 0.05) is 7.11 Å². The van der Waals surface area contributed by atoms with Gasteiger partial charge < -0.3 is 13.9 Å². The molecule has 5 heteroatoms. The molecule has 0 atom stereocenters. The van der Waals surface area contributed by atoms with Crippen LogP contribution in [0, 0.1) is 23.7 Å². The molecular weight excluding hydrogens is 358 g/mol. The van der Waals surface area contributed by atoms with Crippen molar-refractivity contribution in [2.45, 2.75) is 32.6 Å². The first-order chi connectivity index (χ1) is 13.1. The molecule has 2 rings (SSSR count). The van der Waals surface area contributed by atoms with Crippen LogP contribution in [0.4, 0.5) is 0 Å². The normalized spacial score (nSPS) is 11.1. The predicted octanol–water partition coefficient (Wildman–Crippen LogP) is 4.09. The molecule has 2 aromatic rings. The molecule has 0 aliphatic rings. The van der Waals surface area contributed by atoms with Crippen molar-refractivity contribution in [1.82, 2.24) is 5.32 Å². The Hall–Kier alpha value is -2.28. The number of rotatable bonds is 9. The minimum Gasteiger partial charge on any atom is -0.462 e. The van der Waals surface area contributed by atoms with Crippen molar-refractivity contribution in [1.29, 1.82) is 0 Å². The van der Waals surface area contributed by atoms with Crippen LogP contribution in [0.3, 0.4) is 0 Å². The average Bonchev–Trinajstić information content (AvgIpc) is 3.32. The second-order valence-electron chi connectivity index (χ2n) is 6.21. The van der Waals surface area contributed by atoms with Gasteiger partial charge >= 0.3 is 0 Å². The summed E-state index contributed by atoms with van der Waals surface area (Å²) < 4.78 is 16.5. The Bertz CT molecular complexity index is 826. The lowest BCUT2D eigenvalue weighted by molar-refractivity contribution is 0.0742. The van der Waals surface area contributed by atoms with Crippen LogP contribution in [0.2, 0.25) is 0 Å². The minimum atomic E-state index is -0.464. The van der Waals surface area contributed by atoms with E-state index < -0.39 is 5.60 Å². The molecule has 2 heterocycles. The largest absolute Gasteiger partial charge is 0.462 e. The molecule has 0 fully saturated rings. The van der Waals surface area contributed by atoms with Gasteiger partial charge in [0.25, 0.3) is 0 Å². The highest BCUT2D eigenvalue weighted by molar-refractivity contribution is 7.08. The Labute approximate surface area is 165 Å². The first-order valence-corrected chi connectivity index (χ1v) is 9.63. The Kier molecular flexibility index (Phi) is 8.91. The molecule has 0 aromatic carbocycles. The van der Waals surface area contributed by atoms with Gasteiger partial charge in [0.1, 0.15) is 23.7 Å². The molecule has 0 aliphatic carbocycles. The van der Waals surface area contributed by atoms with Crippen LogP contribution in [0.5, 0.6) is 0 Å². The van der Waals surface area contributed by atoms with Crippen LogP contribution < -0.4 is 5.32 Å². The van der Waals surface area contributed by atoms with E-state index in [9.17, 15) is 0 Å². The van der Waals surface area contributed by atoms with Crippen molar-refractivity contribution >= 4 is 17.4 Å². The maximum absolute atomic E-state index is 5.72. The average molecular weight is 384 g/mol. The van der Waals surface area contributed by atoms with E-state index in [1.165, 1.54) is 5.56 Å². The molecule has 1 N–H and O–H groups in total. The summed E-state index contributed by atoms with van der Waals surface area (Å²) in [4.78, 5) is 0. The molecule has 0 spiro atoms. The summed E-state index contributed by atoms with van der Waals surface area (Å²) in [6.45, 7) is 5.97. The smallest absolute Gasteiger partial charge is 0.129 e. The summed E-state index contributed by atoms with van der Waals surface area (Å²) in [6.07, 6.45) is 4.05. The molecule has 0 amide bonds. The summed E-state index contributed by atoms with van der Waals surface area (Å²) in [5.74, 6) is 13.2. The van der Waals surface area contributed by atoms with Crippen LogP contribution in [0.1, 0.15) is 30.9 Å². The van der Waals surface area contributed by atoms with E-state index in [-0.39, 0.29) is 0 Å². The van der Waals surface area contributed by atoms with Gasteiger partial charge in [-0.3, -0.25) is 5.32 Å². The SMILES string of the molecule is COC(C)(C)C#CC#CCNCc1ccc(COC/C=C/c2ccsc2)o1. The van der Waals surface area contributed by atoms with Crippen molar-refractivity contribution in [3.05, 3.63) is 52.1 Å². The topological polar surface area (TPSA) is 43.6 Å². The number of hydrogen-bond acceptors (Lipinski definition) is 5. The molecule has 0 saturated carbocycles. The van der Waals surface area contributed by atoms with Crippen LogP contribution in [-0.2, 0) is 22.6 Å². The van der Waals surface area contributed by atoms with Gasteiger partial charge in [-0.15, -0.1) is 0 Å². The number of furan rings is 1. The van der Waals surface area contributed by atoms with Crippen LogP contribution in [0.25, 0.3) is 6.08 Å². The molecule has 0 radical (unpaired) electrons. The second-order valence-corrected chi connectivity index (χ2v) is 6.99. The van der Waals surface area contributed by atoms with Crippen molar-refractivity contribution < 1.29 is 13.9 Å². The molecule has 0 aliphatic heterocycles. The van der Waals surface area contributed by atoms with Crippen LogP contribution in [0.15, 0.2) is 39.5 Å². The van der Waals surface area contributed by atoms with Gasteiger partial charge in [0.05, 0.1) is 19.7 Å². The number of nitrogens with one attached hydrogen (secondary N) is 1. The minimum absolute atomic E-state index is 0.457. The number of ether oxygens (including phenoxy) is 2. The summed E-state index contributed by atoms with van der Waals surface area (Å²) in [5.41, 5.74) is 0.737. The molecule has 142 valence electrons. The van der Waals surface area contributed by atoms with Crippen LogP contribution in [-0.4, -0.2) is 25.9 Å². The second kappa shape index (κ2) is 11.4. The van der Waals surface area contributed by atoms with Gasteiger partial charge in [-0.1, -0.05) is 24.0 Å². The predicted molar refractivity (Wildman–Crippen MR) is 110 cm³/mol. The molecule has 27 heavy (non-hydrogen) atoms. The van der Waals surface area contributed by atoms with E-state index in [0.29, 0.717) is 26.3 Å². The van der Waals surface area contributed by atoms with Gasteiger partial charge in [-0.2, -0.15) is 11.3 Å². The standard InChI is InChI=1S/C22H25NO3S/c1-22(2,24-3)12-5-4-6-13-23-16-20-9-10-21(26-20)17-25-14-7-8-19-11-15-27-18-19/h7-11,15,18,23H,13-14,16-17H2,1-3H3/b8-7+. The summed E-state index contributed by atoms with van der Waals surface area (Å²) >= 11 is 1.68. The molecule has 0 unspecified atom stereocenters.